The Labute approximate surface area is 162 Å². The van der Waals surface area contributed by atoms with Crippen LogP contribution < -0.4 is 10.1 Å². The minimum absolute atomic E-state index is 0.0536. The third kappa shape index (κ3) is 5.99. The third-order valence-corrected chi connectivity index (χ3v) is 4.95. The quantitative estimate of drug-likeness (QED) is 0.728. The van der Waals surface area contributed by atoms with Gasteiger partial charge in [-0.2, -0.15) is 0 Å². The summed E-state index contributed by atoms with van der Waals surface area (Å²) in [6, 6.07) is 12.0. The molecule has 1 atom stereocenters. The van der Waals surface area contributed by atoms with Crippen LogP contribution in [0.2, 0.25) is 0 Å². The van der Waals surface area contributed by atoms with Crippen molar-refractivity contribution in [2.45, 2.75) is 30.5 Å². The highest BCUT2D eigenvalue weighted by Gasteiger charge is 2.19. The predicted molar refractivity (Wildman–Crippen MR) is 105 cm³/mol. The standard InChI is InChI=1S/C20H23FN2O3S/c1-13(27-17-8-6-16(7-9-17)22-14(2)24)20(25)23(3)12-15-5-10-19(26-4)18(21)11-15/h5-11,13H,12H2,1-4H3,(H,22,24). The molecule has 7 heteroatoms. The van der Waals surface area contributed by atoms with E-state index in [1.54, 1.807) is 36.2 Å². The number of nitrogens with one attached hydrogen (secondary N) is 1. The van der Waals surface area contributed by atoms with Gasteiger partial charge >= 0.3 is 0 Å². The molecule has 2 amide bonds. The lowest BCUT2D eigenvalue weighted by atomic mass is 10.2. The lowest BCUT2D eigenvalue weighted by molar-refractivity contribution is -0.129. The maximum absolute atomic E-state index is 13.8. The normalized spacial score (nSPS) is 11.6. The summed E-state index contributed by atoms with van der Waals surface area (Å²) in [5.74, 6) is -0.449. The molecular weight excluding hydrogens is 367 g/mol. The number of carbonyl (C=O) groups is 2. The molecule has 0 fully saturated rings. The van der Waals surface area contributed by atoms with E-state index >= 15 is 0 Å². The first-order valence-corrected chi connectivity index (χ1v) is 9.30. The van der Waals surface area contributed by atoms with Gasteiger partial charge in [-0.05, 0) is 48.9 Å². The summed E-state index contributed by atoms with van der Waals surface area (Å²) in [5, 5.41) is 2.40. The molecule has 2 rings (SSSR count). The van der Waals surface area contributed by atoms with Crippen LogP contribution in [0, 0.1) is 5.82 Å². The number of hydrogen-bond donors (Lipinski definition) is 1. The Kier molecular flexibility index (Phi) is 7.24. The third-order valence-electron chi connectivity index (χ3n) is 3.85. The summed E-state index contributed by atoms with van der Waals surface area (Å²) in [6.07, 6.45) is 0. The number of halogens is 1. The Balaban J connectivity index is 1.95. The van der Waals surface area contributed by atoms with Crippen LogP contribution in [0.15, 0.2) is 47.4 Å². The second-order valence-corrected chi connectivity index (χ2v) is 7.54. The maximum atomic E-state index is 13.8. The largest absolute Gasteiger partial charge is 0.494 e. The van der Waals surface area contributed by atoms with Crippen molar-refractivity contribution >= 4 is 29.3 Å². The first kappa shape index (κ1) is 20.8. The van der Waals surface area contributed by atoms with E-state index in [1.165, 1.54) is 31.9 Å². The first-order valence-electron chi connectivity index (χ1n) is 8.42. The average Bonchev–Trinajstić information content (AvgIpc) is 2.62. The van der Waals surface area contributed by atoms with Crippen LogP contribution in [-0.2, 0) is 16.1 Å². The van der Waals surface area contributed by atoms with Crippen molar-refractivity contribution in [3.8, 4) is 5.75 Å². The zero-order chi connectivity index (χ0) is 20.0. The number of hydrogen-bond acceptors (Lipinski definition) is 4. The molecule has 2 aromatic carbocycles. The van der Waals surface area contributed by atoms with E-state index in [1.807, 2.05) is 19.1 Å². The van der Waals surface area contributed by atoms with Crippen LogP contribution in [0.1, 0.15) is 19.4 Å². The van der Waals surface area contributed by atoms with Gasteiger partial charge in [0.25, 0.3) is 0 Å². The van der Waals surface area contributed by atoms with Crippen LogP contribution in [0.5, 0.6) is 5.75 Å². The summed E-state index contributed by atoms with van der Waals surface area (Å²) >= 11 is 1.43. The first-order chi connectivity index (χ1) is 12.8. The highest BCUT2D eigenvalue weighted by molar-refractivity contribution is 8.00. The second-order valence-electron chi connectivity index (χ2n) is 6.13. The maximum Gasteiger partial charge on any atom is 0.235 e. The SMILES string of the molecule is COc1ccc(CN(C)C(=O)C(C)Sc2ccc(NC(C)=O)cc2)cc1F. The van der Waals surface area contributed by atoms with Crippen LogP contribution in [-0.4, -0.2) is 36.1 Å². The number of benzene rings is 2. The molecule has 0 heterocycles. The number of methoxy groups -OCH3 is 1. The van der Waals surface area contributed by atoms with E-state index in [2.05, 4.69) is 5.32 Å². The van der Waals surface area contributed by atoms with Crippen molar-refractivity contribution in [3.05, 3.63) is 53.8 Å². The van der Waals surface area contributed by atoms with Crippen molar-refractivity contribution in [2.75, 3.05) is 19.5 Å². The van der Waals surface area contributed by atoms with Gasteiger partial charge < -0.3 is 15.0 Å². The molecule has 0 aromatic heterocycles. The molecule has 0 radical (unpaired) electrons. The van der Waals surface area contributed by atoms with Gasteiger partial charge in [0.05, 0.1) is 12.4 Å². The van der Waals surface area contributed by atoms with Crippen molar-refractivity contribution in [1.29, 1.82) is 0 Å². The zero-order valence-corrected chi connectivity index (χ0v) is 16.6. The van der Waals surface area contributed by atoms with Gasteiger partial charge in [-0.25, -0.2) is 4.39 Å². The monoisotopic (exact) mass is 390 g/mol. The Bertz CT molecular complexity index is 811. The van der Waals surface area contributed by atoms with Gasteiger partial charge in [-0.3, -0.25) is 9.59 Å². The highest BCUT2D eigenvalue weighted by atomic mass is 32.2. The molecule has 5 nitrogen and oxygen atoms in total. The molecule has 1 N–H and O–H groups in total. The fraction of sp³-hybridized carbons (Fsp3) is 0.300. The molecule has 0 aliphatic carbocycles. The highest BCUT2D eigenvalue weighted by Crippen LogP contribution is 2.26. The van der Waals surface area contributed by atoms with Crippen molar-refractivity contribution < 1.29 is 18.7 Å². The van der Waals surface area contributed by atoms with Crippen molar-refractivity contribution in [3.63, 3.8) is 0 Å². The van der Waals surface area contributed by atoms with E-state index in [0.29, 0.717) is 17.8 Å². The number of thioether (sulfide) groups is 1. The van der Waals surface area contributed by atoms with Crippen molar-refractivity contribution in [1.82, 2.24) is 4.90 Å². The molecule has 1 unspecified atom stereocenters. The number of anilines is 1. The summed E-state index contributed by atoms with van der Waals surface area (Å²) in [5.41, 5.74) is 1.41. The molecule has 144 valence electrons. The molecule has 27 heavy (non-hydrogen) atoms. The van der Waals surface area contributed by atoms with Gasteiger partial charge in [-0.15, -0.1) is 11.8 Å². The summed E-state index contributed by atoms with van der Waals surface area (Å²) in [6.45, 7) is 3.60. The molecule has 0 aliphatic heterocycles. The number of carbonyl (C=O) groups excluding carboxylic acids is 2. The lowest BCUT2D eigenvalue weighted by Crippen LogP contribution is -2.32. The molecule has 0 saturated carbocycles. The Morgan fingerprint density at radius 2 is 1.89 bits per heavy atom. The summed E-state index contributed by atoms with van der Waals surface area (Å²) in [7, 11) is 3.11. The average molecular weight is 390 g/mol. The number of nitrogens with zero attached hydrogens (tertiary/aromatic N) is 1. The van der Waals surface area contributed by atoms with Gasteiger partial charge in [0, 0.05) is 31.1 Å². The van der Waals surface area contributed by atoms with E-state index in [-0.39, 0.29) is 22.8 Å². The molecule has 2 aromatic rings. The summed E-state index contributed by atoms with van der Waals surface area (Å²) < 4.78 is 18.7. The molecule has 0 saturated heterocycles. The van der Waals surface area contributed by atoms with Gasteiger partial charge in [-0.1, -0.05) is 6.07 Å². The summed E-state index contributed by atoms with van der Waals surface area (Å²) in [4.78, 5) is 26.2. The van der Waals surface area contributed by atoms with Crippen LogP contribution in [0.3, 0.4) is 0 Å². The predicted octanol–water partition coefficient (Wildman–Crippen LogP) is 3.93. The number of amides is 2. The minimum atomic E-state index is -0.447. The van der Waals surface area contributed by atoms with Crippen LogP contribution in [0.4, 0.5) is 10.1 Å². The van der Waals surface area contributed by atoms with Gasteiger partial charge in [0.15, 0.2) is 11.6 Å². The Hall–Kier alpha value is -2.54. The minimum Gasteiger partial charge on any atom is -0.494 e. The zero-order valence-electron chi connectivity index (χ0n) is 15.8. The second kappa shape index (κ2) is 9.41. The van der Waals surface area contributed by atoms with Crippen LogP contribution >= 0.6 is 11.8 Å². The Morgan fingerprint density at radius 3 is 2.44 bits per heavy atom. The van der Waals surface area contributed by atoms with Crippen LogP contribution in [0.25, 0.3) is 0 Å². The molecule has 0 bridgehead atoms. The fourth-order valence-electron chi connectivity index (χ4n) is 2.55. The Morgan fingerprint density at radius 1 is 1.22 bits per heavy atom. The number of rotatable bonds is 7. The smallest absolute Gasteiger partial charge is 0.235 e. The molecule has 0 aliphatic rings. The lowest BCUT2D eigenvalue weighted by Gasteiger charge is -2.21. The van der Waals surface area contributed by atoms with E-state index < -0.39 is 5.82 Å². The fourth-order valence-corrected chi connectivity index (χ4v) is 3.53. The molecular formula is C20H23FN2O3S. The van der Waals surface area contributed by atoms with Gasteiger partial charge in [0.1, 0.15) is 0 Å². The van der Waals surface area contributed by atoms with E-state index in [0.717, 1.165) is 4.90 Å². The number of ether oxygens (including phenoxy) is 1. The molecule has 0 spiro atoms. The van der Waals surface area contributed by atoms with Crippen molar-refractivity contribution in [2.24, 2.45) is 0 Å². The van der Waals surface area contributed by atoms with E-state index in [4.69, 9.17) is 4.74 Å². The topological polar surface area (TPSA) is 58.6 Å². The van der Waals surface area contributed by atoms with Gasteiger partial charge in [0.2, 0.25) is 11.8 Å². The van der Waals surface area contributed by atoms with E-state index in [9.17, 15) is 14.0 Å².